The lowest BCUT2D eigenvalue weighted by Gasteiger charge is -2.27. The Morgan fingerprint density at radius 1 is 1.44 bits per heavy atom. The zero-order chi connectivity index (χ0) is 13.0. The summed E-state index contributed by atoms with van der Waals surface area (Å²) in [5.74, 6) is 0.734. The second-order valence-electron chi connectivity index (χ2n) is 5.04. The molecule has 0 saturated heterocycles. The molecule has 0 aliphatic heterocycles. The smallest absolute Gasteiger partial charge is 0.0755 e. The first-order chi connectivity index (χ1) is 8.74. The van der Waals surface area contributed by atoms with Crippen LogP contribution in [0.2, 0.25) is 5.02 Å². The lowest BCUT2D eigenvalue weighted by Crippen LogP contribution is -2.43. The van der Waals surface area contributed by atoms with Crippen LogP contribution in [-0.2, 0) is 11.2 Å². The number of methoxy groups -OCH3 is 1. The zero-order valence-corrected chi connectivity index (χ0v) is 11.9. The Morgan fingerprint density at radius 3 is 2.78 bits per heavy atom. The molecule has 0 aromatic heterocycles. The number of hydrogen-bond acceptors (Lipinski definition) is 2. The molecular formula is C15H22ClNO. The fourth-order valence-electron chi connectivity index (χ4n) is 2.59. The van der Waals surface area contributed by atoms with E-state index in [4.69, 9.17) is 16.3 Å². The van der Waals surface area contributed by atoms with Crippen LogP contribution >= 0.6 is 11.6 Å². The molecule has 1 aliphatic rings. The summed E-state index contributed by atoms with van der Waals surface area (Å²) in [6.07, 6.45) is 3.90. The maximum absolute atomic E-state index is 6.04. The lowest BCUT2D eigenvalue weighted by atomic mass is 9.98. The molecule has 0 spiro atoms. The van der Waals surface area contributed by atoms with Crippen molar-refractivity contribution in [2.45, 2.75) is 38.3 Å². The van der Waals surface area contributed by atoms with Gasteiger partial charge in [-0.1, -0.05) is 30.7 Å². The van der Waals surface area contributed by atoms with Crippen molar-refractivity contribution in [3.63, 3.8) is 0 Å². The maximum atomic E-state index is 6.04. The molecule has 1 fully saturated rings. The van der Waals surface area contributed by atoms with Crippen LogP contribution in [0.3, 0.4) is 0 Å². The summed E-state index contributed by atoms with van der Waals surface area (Å²) in [7, 11) is 1.82. The van der Waals surface area contributed by atoms with Crippen molar-refractivity contribution in [1.82, 2.24) is 5.32 Å². The van der Waals surface area contributed by atoms with Gasteiger partial charge in [0.1, 0.15) is 0 Å². The monoisotopic (exact) mass is 267 g/mol. The summed E-state index contributed by atoms with van der Waals surface area (Å²) in [6, 6.07) is 8.49. The first-order valence-electron chi connectivity index (χ1n) is 6.75. The molecule has 18 heavy (non-hydrogen) atoms. The summed E-state index contributed by atoms with van der Waals surface area (Å²) in [5.41, 5.74) is 1.27. The van der Waals surface area contributed by atoms with Gasteiger partial charge in [0.15, 0.2) is 0 Å². The summed E-state index contributed by atoms with van der Waals surface area (Å²) in [5, 5.41) is 4.36. The third-order valence-electron chi connectivity index (χ3n) is 3.57. The third-order valence-corrected chi connectivity index (χ3v) is 3.80. The molecule has 0 amide bonds. The van der Waals surface area contributed by atoms with Crippen LogP contribution in [0.4, 0.5) is 0 Å². The van der Waals surface area contributed by atoms with Crippen LogP contribution in [0.15, 0.2) is 24.3 Å². The molecule has 1 aromatic rings. The average molecular weight is 268 g/mol. The highest BCUT2D eigenvalue weighted by Gasteiger charge is 2.36. The van der Waals surface area contributed by atoms with Gasteiger partial charge in [-0.3, -0.25) is 0 Å². The van der Waals surface area contributed by atoms with Crippen molar-refractivity contribution in [3.8, 4) is 0 Å². The van der Waals surface area contributed by atoms with Gasteiger partial charge in [-0.15, -0.1) is 0 Å². The standard InChI is InChI=1S/C15H22ClNO/c1-3-17-14(15(18-2)12-7-8-12)10-11-5-4-6-13(16)9-11/h4-6,9,12,14-15,17H,3,7-8,10H2,1-2H3. The van der Waals surface area contributed by atoms with Crippen molar-refractivity contribution in [3.05, 3.63) is 34.9 Å². The first kappa shape index (κ1) is 13.9. The van der Waals surface area contributed by atoms with E-state index in [-0.39, 0.29) is 0 Å². The number of rotatable bonds is 7. The lowest BCUT2D eigenvalue weighted by molar-refractivity contribution is 0.0516. The molecule has 0 radical (unpaired) electrons. The minimum Gasteiger partial charge on any atom is -0.380 e. The SMILES string of the molecule is CCNC(Cc1cccc(Cl)c1)C(OC)C1CC1. The summed E-state index contributed by atoms with van der Waals surface area (Å²) in [6.45, 7) is 3.11. The molecule has 2 rings (SSSR count). The number of hydrogen-bond donors (Lipinski definition) is 1. The van der Waals surface area contributed by atoms with E-state index in [9.17, 15) is 0 Å². The van der Waals surface area contributed by atoms with Gasteiger partial charge < -0.3 is 10.1 Å². The van der Waals surface area contributed by atoms with Gasteiger partial charge in [0.05, 0.1) is 6.10 Å². The van der Waals surface area contributed by atoms with E-state index >= 15 is 0 Å². The van der Waals surface area contributed by atoms with Gasteiger partial charge in [-0.05, 0) is 49.4 Å². The highest BCUT2D eigenvalue weighted by Crippen LogP contribution is 2.36. The molecule has 1 N–H and O–H groups in total. The number of ether oxygens (including phenoxy) is 1. The van der Waals surface area contributed by atoms with E-state index in [1.807, 2.05) is 25.3 Å². The molecule has 2 atom stereocenters. The highest BCUT2D eigenvalue weighted by atomic mass is 35.5. The van der Waals surface area contributed by atoms with Crippen molar-refractivity contribution in [2.75, 3.05) is 13.7 Å². The van der Waals surface area contributed by atoms with Gasteiger partial charge in [0.25, 0.3) is 0 Å². The van der Waals surface area contributed by atoms with Crippen molar-refractivity contribution < 1.29 is 4.74 Å². The van der Waals surface area contributed by atoms with E-state index < -0.39 is 0 Å². The van der Waals surface area contributed by atoms with Gasteiger partial charge in [0, 0.05) is 18.2 Å². The molecule has 1 aliphatic carbocycles. The van der Waals surface area contributed by atoms with Crippen LogP contribution in [0.25, 0.3) is 0 Å². The third kappa shape index (κ3) is 3.71. The Hall–Kier alpha value is -0.570. The predicted octanol–water partition coefficient (Wildman–Crippen LogP) is 3.29. The van der Waals surface area contributed by atoms with Gasteiger partial charge in [-0.2, -0.15) is 0 Å². The normalized spacial score (nSPS) is 18.6. The quantitative estimate of drug-likeness (QED) is 0.819. The molecule has 3 heteroatoms. The van der Waals surface area contributed by atoms with Gasteiger partial charge in [-0.25, -0.2) is 0 Å². The Morgan fingerprint density at radius 2 is 2.22 bits per heavy atom. The summed E-state index contributed by atoms with van der Waals surface area (Å²) < 4.78 is 5.70. The minimum atomic E-state index is 0.323. The van der Waals surface area contributed by atoms with Crippen LogP contribution in [-0.4, -0.2) is 25.8 Å². The number of benzene rings is 1. The van der Waals surface area contributed by atoms with E-state index in [2.05, 4.69) is 18.3 Å². The Bertz CT molecular complexity index is 379. The number of halogens is 1. The summed E-state index contributed by atoms with van der Waals surface area (Å²) >= 11 is 6.04. The highest BCUT2D eigenvalue weighted by molar-refractivity contribution is 6.30. The van der Waals surface area contributed by atoms with Crippen LogP contribution in [0.5, 0.6) is 0 Å². The van der Waals surface area contributed by atoms with E-state index in [1.165, 1.54) is 18.4 Å². The molecular weight excluding hydrogens is 246 g/mol. The van der Waals surface area contributed by atoms with Crippen molar-refractivity contribution >= 4 is 11.6 Å². The average Bonchev–Trinajstić information content (AvgIpc) is 3.15. The molecule has 0 bridgehead atoms. The second kappa shape index (κ2) is 6.55. The van der Waals surface area contributed by atoms with Crippen LogP contribution < -0.4 is 5.32 Å². The predicted molar refractivity (Wildman–Crippen MR) is 76.1 cm³/mol. The van der Waals surface area contributed by atoms with Crippen LogP contribution in [0, 0.1) is 5.92 Å². The van der Waals surface area contributed by atoms with Gasteiger partial charge in [0.2, 0.25) is 0 Å². The van der Waals surface area contributed by atoms with Crippen molar-refractivity contribution in [1.29, 1.82) is 0 Å². The summed E-state index contributed by atoms with van der Waals surface area (Å²) in [4.78, 5) is 0. The zero-order valence-electron chi connectivity index (χ0n) is 11.2. The molecule has 2 unspecified atom stereocenters. The largest absolute Gasteiger partial charge is 0.380 e. The Labute approximate surface area is 115 Å². The van der Waals surface area contributed by atoms with Gasteiger partial charge >= 0.3 is 0 Å². The fourth-order valence-corrected chi connectivity index (χ4v) is 2.81. The number of likely N-dealkylation sites (N-methyl/N-ethyl adjacent to an activating group) is 1. The molecule has 1 aromatic carbocycles. The van der Waals surface area contributed by atoms with E-state index in [0.717, 1.165) is 23.9 Å². The van der Waals surface area contributed by atoms with E-state index in [0.29, 0.717) is 12.1 Å². The molecule has 100 valence electrons. The molecule has 0 heterocycles. The fraction of sp³-hybridized carbons (Fsp3) is 0.600. The van der Waals surface area contributed by atoms with Crippen LogP contribution in [0.1, 0.15) is 25.3 Å². The maximum Gasteiger partial charge on any atom is 0.0755 e. The van der Waals surface area contributed by atoms with E-state index in [1.54, 1.807) is 0 Å². The Kier molecular flexibility index (Phi) is 5.04. The number of nitrogens with one attached hydrogen (secondary N) is 1. The Balaban J connectivity index is 2.04. The first-order valence-corrected chi connectivity index (χ1v) is 7.13. The second-order valence-corrected chi connectivity index (χ2v) is 5.47. The van der Waals surface area contributed by atoms with Crippen molar-refractivity contribution in [2.24, 2.45) is 5.92 Å². The topological polar surface area (TPSA) is 21.3 Å². The minimum absolute atomic E-state index is 0.323. The molecule has 1 saturated carbocycles. The molecule has 2 nitrogen and oxygen atoms in total.